The molecule has 1 aliphatic heterocycles. The van der Waals surface area contributed by atoms with Gasteiger partial charge >= 0.3 is 0 Å². The Morgan fingerprint density at radius 1 is 1.43 bits per heavy atom. The maximum atomic E-state index is 13.9. The number of allylic oxidation sites excluding steroid dienone is 2. The van der Waals surface area contributed by atoms with Crippen molar-refractivity contribution in [1.29, 1.82) is 0 Å². The van der Waals surface area contributed by atoms with Crippen LogP contribution in [0.1, 0.15) is 6.42 Å². The summed E-state index contributed by atoms with van der Waals surface area (Å²) in [5.41, 5.74) is 1.76. The molecule has 2 aliphatic rings. The van der Waals surface area contributed by atoms with Crippen molar-refractivity contribution in [3.05, 3.63) is 59.7 Å². The molecule has 0 aromatic heterocycles. The first-order valence-corrected chi connectivity index (χ1v) is 6.51. The fraction of sp³-hybridized carbons (Fsp3) is 0.200. The first-order valence-electron chi connectivity index (χ1n) is 6.51. The summed E-state index contributed by atoms with van der Waals surface area (Å²) in [5.74, 6) is -0.169. The molecule has 0 saturated carbocycles. The molecule has 0 aromatic rings. The standard InChI is InChI=1S/C15H17FN4O/c1-17-6-7-19-13-3-2-11(8-12(13)16)9-20-14-10-18-5-4-15(14)21/h2,4,6-8,10,18,20-21H,1,3,5,9H2/b7-6-,19-13?. The Balaban J connectivity index is 1.94. The Hall–Kier alpha value is -2.63. The molecule has 5 nitrogen and oxygen atoms in total. The van der Waals surface area contributed by atoms with Gasteiger partial charge in [-0.1, -0.05) is 6.08 Å². The highest BCUT2D eigenvalue weighted by molar-refractivity contribution is 6.01. The van der Waals surface area contributed by atoms with Gasteiger partial charge in [0.1, 0.15) is 11.6 Å². The molecule has 0 radical (unpaired) electrons. The number of dihydropyridines is 1. The van der Waals surface area contributed by atoms with Crippen LogP contribution in [0, 0.1) is 0 Å². The van der Waals surface area contributed by atoms with Crippen LogP contribution in [0.2, 0.25) is 0 Å². The van der Waals surface area contributed by atoms with Gasteiger partial charge in [0.15, 0.2) is 0 Å². The molecule has 110 valence electrons. The van der Waals surface area contributed by atoms with Gasteiger partial charge in [0, 0.05) is 38.1 Å². The summed E-state index contributed by atoms with van der Waals surface area (Å²) in [7, 11) is 0. The topological polar surface area (TPSA) is 69.0 Å². The van der Waals surface area contributed by atoms with Crippen molar-refractivity contribution in [2.75, 3.05) is 13.1 Å². The maximum absolute atomic E-state index is 13.9. The molecule has 0 amide bonds. The second-order valence-corrected chi connectivity index (χ2v) is 4.44. The summed E-state index contributed by atoms with van der Waals surface area (Å²) >= 11 is 0. The third-order valence-electron chi connectivity index (χ3n) is 2.97. The summed E-state index contributed by atoms with van der Waals surface area (Å²) in [4.78, 5) is 7.48. The van der Waals surface area contributed by atoms with Crippen LogP contribution in [0.15, 0.2) is 69.7 Å². The van der Waals surface area contributed by atoms with Crippen molar-refractivity contribution in [2.45, 2.75) is 6.42 Å². The number of hydrogen-bond donors (Lipinski definition) is 3. The van der Waals surface area contributed by atoms with Gasteiger partial charge in [0.2, 0.25) is 0 Å². The highest BCUT2D eigenvalue weighted by Crippen LogP contribution is 2.17. The van der Waals surface area contributed by atoms with Gasteiger partial charge in [-0.3, -0.25) is 9.98 Å². The molecular weight excluding hydrogens is 271 g/mol. The summed E-state index contributed by atoms with van der Waals surface area (Å²) in [6.07, 6.45) is 9.91. The number of nitrogens with one attached hydrogen (secondary N) is 2. The first kappa shape index (κ1) is 14.8. The SMILES string of the molecule is C=N/C=C\N=C1CC=C(CNC2=CNCC=C2O)C=C1F. The Bertz CT molecular complexity index is 597. The van der Waals surface area contributed by atoms with Gasteiger partial charge in [-0.25, -0.2) is 4.39 Å². The molecule has 0 spiro atoms. The second kappa shape index (κ2) is 7.23. The Morgan fingerprint density at radius 2 is 2.29 bits per heavy atom. The highest BCUT2D eigenvalue weighted by Gasteiger charge is 2.13. The van der Waals surface area contributed by atoms with Crippen LogP contribution in [-0.2, 0) is 0 Å². The van der Waals surface area contributed by atoms with Crippen molar-refractivity contribution in [2.24, 2.45) is 9.98 Å². The van der Waals surface area contributed by atoms with Crippen molar-refractivity contribution >= 4 is 12.4 Å². The van der Waals surface area contributed by atoms with E-state index in [4.69, 9.17) is 0 Å². The second-order valence-electron chi connectivity index (χ2n) is 4.44. The molecule has 1 aliphatic carbocycles. The zero-order valence-corrected chi connectivity index (χ0v) is 11.5. The largest absolute Gasteiger partial charge is 0.506 e. The van der Waals surface area contributed by atoms with Crippen LogP contribution in [-0.4, -0.2) is 30.6 Å². The lowest BCUT2D eigenvalue weighted by molar-refractivity contribution is 0.408. The van der Waals surface area contributed by atoms with Crippen molar-refractivity contribution < 1.29 is 9.50 Å². The lowest BCUT2D eigenvalue weighted by atomic mass is 10.0. The fourth-order valence-electron chi connectivity index (χ4n) is 1.88. The number of aliphatic hydroxyl groups is 1. The van der Waals surface area contributed by atoms with E-state index in [0.717, 1.165) is 5.57 Å². The predicted octanol–water partition coefficient (Wildman–Crippen LogP) is 2.26. The number of aliphatic imine (C=N–C) groups is 2. The third-order valence-corrected chi connectivity index (χ3v) is 2.97. The molecule has 0 atom stereocenters. The quantitative estimate of drug-likeness (QED) is 0.680. The van der Waals surface area contributed by atoms with E-state index in [1.54, 1.807) is 12.3 Å². The van der Waals surface area contributed by atoms with Crippen LogP contribution in [0.5, 0.6) is 0 Å². The zero-order valence-electron chi connectivity index (χ0n) is 11.5. The monoisotopic (exact) mass is 288 g/mol. The van der Waals surface area contributed by atoms with E-state index in [-0.39, 0.29) is 11.6 Å². The lowest BCUT2D eigenvalue weighted by Crippen LogP contribution is -2.24. The smallest absolute Gasteiger partial charge is 0.145 e. The van der Waals surface area contributed by atoms with Crippen LogP contribution < -0.4 is 10.6 Å². The van der Waals surface area contributed by atoms with E-state index < -0.39 is 0 Å². The maximum Gasteiger partial charge on any atom is 0.145 e. The average molecular weight is 288 g/mol. The highest BCUT2D eigenvalue weighted by atomic mass is 19.1. The number of rotatable bonds is 5. The predicted molar refractivity (Wildman–Crippen MR) is 82.8 cm³/mol. The molecule has 21 heavy (non-hydrogen) atoms. The minimum Gasteiger partial charge on any atom is -0.506 e. The van der Waals surface area contributed by atoms with Gasteiger partial charge in [0.25, 0.3) is 0 Å². The van der Waals surface area contributed by atoms with E-state index in [1.165, 1.54) is 18.5 Å². The molecule has 0 unspecified atom stereocenters. The molecule has 0 fully saturated rings. The molecule has 0 aromatic carbocycles. The minimum absolute atomic E-state index is 0.193. The number of halogens is 1. The molecule has 3 N–H and O–H groups in total. The van der Waals surface area contributed by atoms with Gasteiger partial charge in [-0.05, 0) is 24.4 Å². The van der Waals surface area contributed by atoms with E-state index >= 15 is 0 Å². The lowest BCUT2D eigenvalue weighted by Gasteiger charge is -2.16. The van der Waals surface area contributed by atoms with Crippen LogP contribution >= 0.6 is 0 Å². The molecule has 0 bridgehead atoms. The molecule has 6 heteroatoms. The van der Waals surface area contributed by atoms with Crippen molar-refractivity contribution in [3.63, 3.8) is 0 Å². The van der Waals surface area contributed by atoms with Crippen LogP contribution in [0.4, 0.5) is 4.39 Å². The summed E-state index contributed by atoms with van der Waals surface area (Å²) in [6, 6.07) is 0. The Labute approximate surface area is 122 Å². The molecule has 1 heterocycles. The van der Waals surface area contributed by atoms with Crippen molar-refractivity contribution in [1.82, 2.24) is 10.6 Å². The molecule has 0 saturated heterocycles. The fourth-order valence-corrected chi connectivity index (χ4v) is 1.88. The summed E-state index contributed by atoms with van der Waals surface area (Å²) in [6.45, 7) is 4.30. The number of nitrogens with zero attached hydrogens (tertiary/aromatic N) is 2. The normalized spacial score (nSPS) is 20.3. The Morgan fingerprint density at radius 3 is 3.00 bits per heavy atom. The third kappa shape index (κ3) is 4.17. The first-order chi connectivity index (χ1) is 10.2. The van der Waals surface area contributed by atoms with E-state index in [9.17, 15) is 9.50 Å². The average Bonchev–Trinajstić information content (AvgIpc) is 2.49. The van der Waals surface area contributed by atoms with Gasteiger partial charge in [-0.2, -0.15) is 0 Å². The summed E-state index contributed by atoms with van der Waals surface area (Å²) in [5, 5.41) is 15.7. The molecular formula is C15H17FN4O. The summed E-state index contributed by atoms with van der Waals surface area (Å²) < 4.78 is 13.9. The van der Waals surface area contributed by atoms with E-state index in [0.29, 0.717) is 30.9 Å². The zero-order chi connectivity index (χ0) is 15.1. The Kier molecular flexibility index (Phi) is 5.09. The number of aliphatic hydroxyl groups excluding tert-OH is 1. The minimum atomic E-state index is -0.362. The van der Waals surface area contributed by atoms with Crippen molar-refractivity contribution in [3.8, 4) is 0 Å². The van der Waals surface area contributed by atoms with E-state index in [2.05, 4.69) is 27.3 Å². The number of hydrogen-bond acceptors (Lipinski definition) is 5. The van der Waals surface area contributed by atoms with Crippen LogP contribution in [0.25, 0.3) is 0 Å². The van der Waals surface area contributed by atoms with Gasteiger partial charge in [-0.15, -0.1) is 0 Å². The van der Waals surface area contributed by atoms with Gasteiger partial charge in [0.05, 0.1) is 11.4 Å². The van der Waals surface area contributed by atoms with E-state index in [1.807, 2.05) is 6.08 Å². The van der Waals surface area contributed by atoms with Crippen LogP contribution in [0.3, 0.4) is 0 Å². The van der Waals surface area contributed by atoms with Gasteiger partial charge < -0.3 is 15.7 Å². The molecule has 2 rings (SSSR count).